The van der Waals surface area contributed by atoms with Gasteiger partial charge in [-0.3, -0.25) is 9.69 Å². The molecule has 0 unspecified atom stereocenters. The van der Waals surface area contributed by atoms with Crippen LogP contribution in [0.2, 0.25) is 0 Å². The molecule has 0 aliphatic carbocycles. The van der Waals surface area contributed by atoms with Crippen molar-refractivity contribution >= 4 is 29.3 Å². The second kappa shape index (κ2) is 16.2. The Hall–Kier alpha value is -4.26. The monoisotopic (exact) mass is 587 g/mol. The fourth-order valence-electron chi connectivity index (χ4n) is 4.92. The molecule has 0 fully saturated rings. The lowest BCUT2D eigenvalue weighted by molar-refractivity contribution is -0.134. The summed E-state index contributed by atoms with van der Waals surface area (Å²) in [7, 11) is 3.40. The number of hydrogen-bond acceptors (Lipinski definition) is 5. The van der Waals surface area contributed by atoms with E-state index in [2.05, 4.69) is 83.8 Å². The van der Waals surface area contributed by atoms with Gasteiger partial charge in [0, 0.05) is 55.9 Å². The van der Waals surface area contributed by atoms with Crippen LogP contribution in [0.25, 0.3) is 11.0 Å². The Bertz CT molecular complexity index is 1440. The number of carbonyl (C=O) groups is 1. The van der Waals surface area contributed by atoms with Crippen molar-refractivity contribution in [3.05, 3.63) is 132 Å². The number of para-hydroxylation sites is 1. The summed E-state index contributed by atoms with van der Waals surface area (Å²) >= 11 is 0. The first kappa shape index (κ1) is 32.3. The molecule has 0 spiro atoms. The van der Waals surface area contributed by atoms with E-state index < -0.39 is 5.97 Å². The molecule has 0 saturated carbocycles. The first-order chi connectivity index (χ1) is 20.0. The first-order valence-electron chi connectivity index (χ1n) is 13.7. The van der Waals surface area contributed by atoms with Crippen molar-refractivity contribution in [2.45, 2.75) is 25.8 Å². The average Bonchev–Trinajstić information content (AvgIpc) is 3.42. The van der Waals surface area contributed by atoms with Gasteiger partial charge in [-0.15, -0.1) is 12.4 Å². The number of aliphatic carboxylic acids is 1. The Morgan fingerprint density at radius 2 is 1.43 bits per heavy atom. The van der Waals surface area contributed by atoms with Crippen LogP contribution in [-0.4, -0.2) is 43.3 Å². The van der Waals surface area contributed by atoms with Gasteiger partial charge in [0.25, 0.3) is 5.97 Å². The molecule has 7 heteroatoms. The highest BCUT2D eigenvalue weighted by Crippen LogP contribution is 2.30. The van der Waals surface area contributed by atoms with Gasteiger partial charge in [0.1, 0.15) is 22.8 Å². The van der Waals surface area contributed by atoms with E-state index in [0.29, 0.717) is 0 Å². The lowest BCUT2D eigenvalue weighted by Crippen LogP contribution is -2.31. The summed E-state index contributed by atoms with van der Waals surface area (Å²) in [6, 6.07) is 38.0. The van der Waals surface area contributed by atoms with Gasteiger partial charge >= 0.3 is 0 Å². The van der Waals surface area contributed by atoms with Gasteiger partial charge in [-0.2, -0.15) is 0 Å². The molecule has 1 aromatic heterocycles. The van der Waals surface area contributed by atoms with Gasteiger partial charge in [0.2, 0.25) is 0 Å². The summed E-state index contributed by atoms with van der Waals surface area (Å²) in [5.74, 6) is 2.04. The van der Waals surface area contributed by atoms with Gasteiger partial charge in [-0.25, -0.2) is 0 Å². The Kier molecular flexibility index (Phi) is 12.5. The van der Waals surface area contributed by atoms with Crippen molar-refractivity contribution in [3.8, 4) is 11.5 Å². The molecular formula is C35H38ClNO5. The van der Waals surface area contributed by atoms with Gasteiger partial charge < -0.3 is 19.0 Å². The SMILES string of the molecule is CC(=O)O.COc1ccc(CN(CCc2cc3ccccc3o2)CC(c2ccccc2)c2ccccc2)c(OC)c1.Cl. The number of benzene rings is 4. The molecule has 0 atom stereocenters. The number of carboxylic acids is 1. The zero-order valence-corrected chi connectivity index (χ0v) is 25.1. The van der Waals surface area contributed by atoms with Crippen LogP contribution in [0.4, 0.5) is 0 Å². The number of carboxylic acid groups (broad SMARTS) is 1. The Balaban J connectivity index is 0.000000911. The maximum absolute atomic E-state index is 9.00. The summed E-state index contributed by atoms with van der Waals surface area (Å²) in [4.78, 5) is 11.5. The molecule has 5 rings (SSSR count). The van der Waals surface area contributed by atoms with Crippen molar-refractivity contribution < 1.29 is 23.8 Å². The minimum absolute atomic E-state index is 0. The highest BCUT2D eigenvalue weighted by Gasteiger charge is 2.20. The minimum atomic E-state index is -0.833. The fraction of sp³-hybridized carbons (Fsp3) is 0.229. The third-order valence-electron chi connectivity index (χ3n) is 6.88. The Labute approximate surface area is 253 Å². The average molecular weight is 588 g/mol. The number of methoxy groups -OCH3 is 2. The molecule has 4 aromatic carbocycles. The van der Waals surface area contributed by atoms with Crippen LogP contribution in [0.3, 0.4) is 0 Å². The van der Waals surface area contributed by atoms with Gasteiger partial charge in [-0.1, -0.05) is 84.9 Å². The van der Waals surface area contributed by atoms with Crippen LogP contribution in [0.1, 0.15) is 35.3 Å². The molecule has 42 heavy (non-hydrogen) atoms. The van der Waals surface area contributed by atoms with E-state index in [1.807, 2.05) is 30.3 Å². The summed E-state index contributed by atoms with van der Waals surface area (Å²) in [5.41, 5.74) is 4.69. The maximum atomic E-state index is 9.00. The lowest BCUT2D eigenvalue weighted by atomic mass is 9.90. The first-order valence-corrected chi connectivity index (χ1v) is 13.7. The molecule has 0 aliphatic rings. The van der Waals surface area contributed by atoms with Crippen molar-refractivity contribution in [3.63, 3.8) is 0 Å². The quantitative estimate of drug-likeness (QED) is 0.170. The molecule has 5 aromatic rings. The number of nitrogens with zero attached hydrogens (tertiary/aromatic N) is 1. The number of ether oxygens (including phenoxy) is 2. The van der Waals surface area contributed by atoms with Crippen LogP contribution in [0.15, 0.2) is 114 Å². The number of halogens is 1. The second-order valence-corrected chi connectivity index (χ2v) is 9.81. The van der Waals surface area contributed by atoms with E-state index in [1.165, 1.54) is 11.1 Å². The third-order valence-corrected chi connectivity index (χ3v) is 6.88. The largest absolute Gasteiger partial charge is 0.497 e. The lowest BCUT2D eigenvalue weighted by Gasteiger charge is -2.29. The van der Waals surface area contributed by atoms with E-state index >= 15 is 0 Å². The van der Waals surface area contributed by atoms with Gasteiger partial charge in [-0.05, 0) is 29.3 Å². The van der Waals surface area contributed by atoms with E-state index in [1.54, 1.807) is 14.2 Å². The Morgan fingerprint density at radius 1 is 0.833 bits per heavy atom. The van der Waals surface area contributed by atoms with E-state index in [-0.39, 0.29) is 18.3 Å². The van der Waals surface area contributed by atoms with Crippen LogP contribution < -0.4 is 9.47 Å². The molecule has 0 radical (unpaired) electrons. The van der Waals surface area contributed by atoms with E-state index in [0.717, 1.165) is 66.8 Å². The van der Waals surface area contributed by atoms with Crippen molar-refractivity contribution in [1.82, 2.24) is 4.90 Å². The molecule has 0 amide bonds. The summed E-state index contributed by atoms with van der Waals surface area (Å²) in [5, 5.41) is 8.56. The fourth-order valence-corrected chi connectivity index (χ4v) is 4.92. The van der Waals surface area contributed by atoms with Crippen LogP contribution in [-0.2, 0) is 17.8 Å². The van der Waals surface area contributed by atoms with Crippen LogP contribution in [0.5, 0.6) is 11.5 Å². The van der Waals surface area contributed by atoms with E-state index in [9.17, 15) is 0 Å². The smallest absolute Gasteiger partial charge is 0.300 e. The number of hydrogen-bond donors (Lipinski definition) is 1. The second-order valence-electron chi connectivity index (χ2n) is 9.81. The standard InChI is InChI=1S/C33H33NO3.C2H4O2.ClH/c1-35-29-18-17-28(33(22-29)36-2)23-34(20-19-30-21-27-15-9-10-16-32(27)37-30)24-31(25-11-5-3-6-12-25)26-13-7-4-8-14-26;1-2(3)4;/h3-18,21-22,31H,19-20,23-24H2,1-2H3;1H3,(H,3,4);1H. The topological polar surface area (TPSA) is 72.1 Å². The van der Waals surface area contributed by atoms with Crippen molar-refractivity contribution in [2.24, 2.45) is 0 Å². The van der Waals surface area contributed by atoms with Crippen molar-refractivity contribution in [2.75, 3.05) is 27.3 Å². The summed E-state index contributed by atoms with van der Waals surface area (Å²) in [6.45, 7) is 3.55. The molecule has 1 N–H and O–H groups in total. The maximum Gasteiger partial charge on any atom is 0.300 e. The molecular weight excluding hydrogens is 550 g/mol. The van der Waals surface area contributed by atoms with Crippen LogP contribution >= 0.6 is 12.4 Å². The number of rotatable bonds is 11. The van der Waals surface area contributed by atoms with Crippen LogP contribution in [0, 0.1) is 0 Å². The minimum Gasteiger partial charge on any atom is -0.497 e. The summed E-state index contributed by atoms with van der Waals surface area (Å²) < 4.78 is 17.3. The molecule has 0 aliphatic heterocycles. The predicted octanol–water partition coefficient (Wildman–Crippen LogP) is 7.84. The van der Waals surface area contributed by atoms with Crippen molar-refractivity contribution in [1.29, 1.82) is 0 Å². The molecule has 1 heterocycles. The highest BCUT2D eigenvalue weighted by molar-refractivity contribution is 5.85. The molecule has 0 saturated heterocycles. The Morgan fingerprint density at radius 3 is 2.00 bits per heavy atom. The summed E-state index contributed by atoms with van der Waals surface area (Å²) in [6.07, 6.45) is 0.823. The zero-order valence-electron chi connectivity index (χ0n) is 24.2. The predicted molar refractivity (Wildman–Crippen MR) is 170 cm³/mol. The molecule has 6 nitrogen and oxygen atoms in total. The normalized spacial score (nSPS) is 10.6. The zero-order chi connectivity index (χ0) is 29.0. The number of fused-ring (bicyclic) bond motifs is 1. The third kappa shape index (κ3) is 9.13. The molecule has 0 bridgehead atoms. The van der Waals surface area contributed by atoms with Gasteiger partial charge in [0.05, 0.1) is 14.2 Å². The van der Waals surface area contributed by atoms with Gasteiger partial charge in [0.15, 0.2) is 0 Å². The molecule has 220 valence electrons. The highest BCUT2D eigenvalue weighted by atomic mass is 35.5. The van der Waals surface area contributed by atoms with E-state index in [4.69, 9.17) is 23.8 Å². The number of furan rings is 1.